The van der Waals surface area contributed by atoms with Crippen molar-refractivity contribution in [3.8, 4) is 0 Å². The zero-order chi connectivity index (χ0) is 13.7. The first-order chi connectivity index (χ1) is 9.79. The second-order valence-electron chi connectivity index (χ2n) is 5.21. The Labute approximate surface area is 117 Å². The van der Waals surface area contributed by atoms with Gasteiger partial charge in [-0.2, -0.15) is 0 Å². The molecule has 0 heterocycles. The average molecular weight is 254 g/mol. The Morgan fingerprint density at radius 1 is 0.800 bits per heavy atom. The van der Waals surface area contributed by atoms with Crippen molar-refractivity contribution in [1.82, 2.24) is 0 Å². The molecular weight excluding hydrogens is 240 g/mol. The summed E-state index contributed by atoms with van der Waals surface area (Å²) in [5.74, 6) is 0. The molecule has 0 bridgehead atoms. The number of hydrogen-bond donors (Lipinski definition) is 0. The fourth-order valence-electron chi connectivity index (χ4n) is 3.21. The van der Waals surface area contributed by atoms with Crippen LogP contribution >= 0.6 is 0 Å². The van der Waals surface area contributed by atoms with Crippen molar-refractivity contribution in [1.29, 1.82) is 0 Å². The Hall–Kier alpha value is -2.60. The summed E-state index contributed by atoms with van der Waals surface area (Å²) in [7, 11) is 0. The van der Waals surface area contributed by atoms with E-state index in [4.69, 9.17) is 0 Å². The van der Waals surface area contributed by atoms with Crippen molar-refractivity contribution in [3.05, 3.63) is 71.6 Å². The minimum absolute atomic E-state index is 1.05. The van der Waals surface area contributed by atoms with Gasteiger partial charge in [-0.25, -0.2) is 0 Å². The molecule has 20 heavy (non-hydrogen) atoms. The van der Waals surface area contributed by atoms with Crippen LogP contribution in [0.1, 0.15) is 0 Å². The molecule has 0 fully saturated rings. The molecule has 4 aromatic carbocycles. The van der Waals surface area contributed by atoms with E-state index in [1.165, 1.54) is 37.5 Å². The molecule has 0 aliphatic carbocycles. The molecule has 4 rings (SSSR count). The second kappa shape index (κ2) is 3.94. The molecule has 0 aliphatic rings. The van der Waals surface area contributed by atoms with Crippen LogP contribution in [0.2, 0.25) is 0 Å². The van der Waals surface area contributed by atoms with E-state index in [9.17, 15) is 0 Å². The summed E-state index contributed by atoms with van der Waals surface area (Å²) in [6, 6.07) is 17.4. The van der Waals surface area contributed by atoms with Crippen LogP contribution in [0.25, 0.3) is 45.0 Å². The Morgan fingerprint density at radius 3 is 2.25 bits per heavy atom. The third-order valence-electron chi connectivity index (χ3n) is 4.06. The normalized spacial score (nSPS) is 12.7. The average Bonchev–Trinajstić information content (AvgIpc) is 2.47. The molecule has 0 aromatic heterocycles. The van der Waals surface area contributed by atoms with Crippen LogP contribution in [0.3, 0.4) is 0 Å². The lowest BCUT2D eigenvalue weighted by Gasteiger charge is -2.11. The van der Waals surface area contributed by atoms with Gasteiger partial charge in [-0.05, 0) is 48.8 Å². The lowest BCUT2D eigenvalue weighted by atomic mass is 9.93. The second-order valence-corrected chi connectivity index (χ2v) is 5.21. The van der Waals surface area contributed by atoms with Gasteiger partial charge < -0.3 is 0 Å². The lowest BCUT2D eigenvalue weighted by Crippen LogP contribution is -2.23. The van der Waals surface area contributed by atoms with Crippen molar-refractivity contribution in [2.45, 2.75) is 0 Å². The van der Waals surface area contributed by atoms with Crippen molar-refractivity contribution < 1.29 is 0 Å². The number of rotatable bonds is 1. The highest BCUT2D eigenvalue weighted by Gasteiger charge is 2.08. The SMILES string of the molecule is C=C/C=c1\c(=C)cc2ccc3cccc4ccc1c2c34. The summed E-state index contributed by atoms with van der Waals surface area (Å²) in [5, 5.41) is 10.0. The van der Waals surface area contributed by atoms with E-state index >= 15 is 0 Å². The van der Waals surface area contributed by atoms with E-state index in [0.717, 1.165) is 5.22 Å². The van der Waals surface area contributed by atoms with E-state index in [1.54, 1.807) is 0 Å². The molecule has 0 saturated heterocycles. The van der Waals surface area contributed by atoms with Gasteiger partial charge in [-0.3, -0.25) is 0 Å². The Morgan fingerprint density at radius 2 is 1.50 bits per heavy atom. The van der Waals surface area contributed by atoms with Crippen LogP contribution in [0.5, 0.6) is 0 Å². The van der Waals surface area contributed by atoms with Gasteiger partial charge in [0.05, 0.1) is 0 Å². The van der Waals surface area contributed by atoms with Gasteiger partial charge in [-0.1, -0.05) is 67.8 Å². The molecule has 0 saturated carbocycles. The van der Waals surface area contributed by atoms with E-state index in [2.05, 4.69) is 61.7 Å². The molecule has 0 radical (unpaired) electrons. The molecule has 0 aliphatic heterocycles. The maximum absolute atomic E-state index is 4.19. The van der Waals surface area contributed by atoms with Crippen molar-refractivity contribution in [2.75, 3.05) is 0 Å². The molecule has 0 nitrogen and oxygen atoms in total. The first-order valence-electron chi connectivity index (χ1n) is 6.78. The van der Waals surface area contributed by atoms with Gasteiger partial charge in [-0.15, -0.1) is 0 Å². The molecule has 0 amide bonds. The fourth-order valence-corrected chi connectivity index (χ4v) is 3.21. The summed E-state index contributed by atoms with van der Waals surface area (Å²) in [6.07, 6.45) is 3.88. The summed E-state index contributed by atoms with van der Waals surface area (Å²) in [4.78, 5) is 0. The first kappa shape index (κ1) is 11.2. The van der Waals surface area contributed by atoms with Gasteiger partial charge >= 0.3 is 0 Å². The summed E-state index contributed by atoms with van der Waals surface area (Å²) in [6.45, 7) is 8.01. The standard InChI is InChI=1S/C20H14/c1-3-5-17-13(2)12-16-9-8-14-6-4-7-15-10-11-18(17)20(16)19(14)15/h3-12H,1-2H2/b17-5+. The highest BCUT2D eigenvalue weighted by atomic mass is 14.1. The number of benzene rings is 4. The molecule has 0 unspecified atom stereocenters. The van der Waals surface area contributed by atoms with Gasteiger partial charge in [0.25, 0.3) is 0 Å². The molecule has 0 heteroatoms. The quantitative estimate of drug-likeness (QED) is 0.451. The predicted octanol–water partition coefficient (Wildman–Crippen LogP) is 3.96. The van der Waals surface area contributed by atoms with Crippen LogP contribution in [0.15, 0.2) is 61.2 Å². The lowest BCUT2D eigenvalue weighted by molar-refractivity contribution is 1.63. The maximum atomic E-state index is 4.19. The third kappa shape index (κ3) is 1.36. The van der Waals surface area contributed by atoms with Crippen molar-refractivity contribution in [2.24, 2.45) is 0 Å². The number of hydrogen-bond acceptors (Lipinski definition) is 0. The molecular formula is C20H14. The van der Waals surface area contributed by atoms with Crippen molar-refractivity contribution in [3.63, 3.8) is 0 Å². The van der Waals surface area contributed by atoms with Crippen LogP contribution in [0, 0.1) is 0 Å². The fraction of sp³-hybridized carbons (Fsp3) is 0. The van der Waals surface area contributed by atoms with Gasteiger partial charge in [0, 0.05) is 0 Å². The predicted molar refractivity (Wildman–Crippen MR) is 89.6 cm³/mol. The highest BCUT2D eigenvalue weighted by Crippen LogP contribution is 2.32. The van der Waals surface area contributed by atoms with E-state index in [0.29, 0.717) is 0 Å². The topological polar surface area (TPSA) is 0 Å². The smallest absolute Gasteiger partial charge is 0.00204 e. The Balaban J connectivity index is 2.47. The van der Waals surface area contributed by atoms with Crippen LogP contribution in [0.4, 0.5) is 0 Å². The molecule has 0 spiro atoms. The van der Waals surface area contributed by atoms with Gasteiger partial charge in [0.15, 0.2) is 0 Å². The Kier molecular flexibility index (Phi) is 2.22. The summed E-state index contributed by atoms with van der Waals surface area (Å²) >= 11 is 0. The van der Waals surface area contributed by atoms with E-state index < -0.39 is 0 Å². The molecule has 0 atom stereocenters. The van der Waals surface area contributed by atoms with Crippen molar-refractivity contribution >= 4 is 45.0 Å². The van der Waals surface area contributed by atoms with Gasteiger partial charge in [0.1, 0.15) is 0 Å². The largest absolute Gasteiger partial charge is 0.0990 e. The summed E-state index contributed by atoms with van der Waals surface area (Å²) < 4.78 is 0. The monoisotopic (exact) mass is 254 g/mol. The number of allylic oxidation sites excluding steroid dienone is 1. The molecule has 0 N–H and O–H groups in total. The van der Waals surface area contributed by atoms with Crippen LogP contribution in [-0.4, -0.2) is 0 Å². The van der Waals surface area contributed by atoms with Crippen LogP contribution < -0.4 is 10.4 Å². The minimum atomic E-state index is 1.05. The van der Waals surface area contributed by atoms with E-state index in [1.807, 2.05) is 12.2 Å². The molecule has 4 aromatic rings. The van der Waals surface area contributed by atoms with Gasteiger partial charge in [0.2, 0.25) is 0 Å². The zero-order valence-corrected chi connectivity index (χ0v) is 11.2. The maximum Gasteiger partial charge on any atom is -0.00204 e. The Bertz CT molecular complexity index is 1050. The first-order valence-corrected chi connectivity index (χ1v) is 6.78. The van der Waals surface area contributed by atoms with Crippen LogP contribution in [-0.2, 0) is 0 Å². The third-order valence-corrected chi connectivity index (χ3v) is 4.06. The van der Waals surface area contributed by atoms with E-state index in [-0.39, 0.29) is 0 Å². The minimum Gasteiger partial charge on any atom is -0.0990 e. The molecule has 94 valence electrons. The summed E-state index contributed by atoms with van der Waals surface area (Å²) in [5.41, 5.74) is 0. The highest BCUT2D eigenvalue weighted by molar-refractivity contribution is 6.23. The zero-order valence-electron chi connectivity index (χ0n) is 11.2.